The van der Waals surface area contributed by atoms with Crippen molar-refractivity contribution in [2.45, 2.75) is 102 Å². The van der Waals surface area contributed by atoms with Crippen LogP contribution in [0.4, 0.5) is 4.79 Å². The molecule has 4 aromatic carbocycles. The second kappa shape index (κ2) is 19.8. The molecular weight excluding hydrogens is 821 g/mol. The largest absolute Gasteiger partial charge is 0.463 e. The van der Waals surface area contributed by atoms with Gasteiger partial charge in [0, 0.05) is 36.1 Å². The molecule has 2 aromatic heterocycles. The number of rotatable bonds is 15. The average molecular weight is 877 g/mol. The van der Waals surface area contributed by atoms with Gasteiger partial charge in [-0.2, -0.15) is 0 Å². The molecule has 13 nitrogen and oxygen atoms in total. The number of nitrogens with one attached hydrogen (secondary N) is 3. The van der Waals surface area contributed by atoms with Crippen LogP contribution in [0.15, 0.2) is 115 Å². The summed E-state index contributed by atoms with van der Waals surface area (Å²) in [4.78, 5) is 82.7. The van der Waals surface area contributed by atoms with Crippen molar-refractivity contribution in [2.75, 3.05) is 13.1 Å². The Bertz CT molecular complexity index is 2640. The van der Waals surface area contributed by atoms with Gasteiger partial charge in [0.25, 0.3) is 5.91 Å². The summed E-state index contributed by atoms with van der Waals surface area (Å²) in [7, 11) is 0. The van der Waals surface area contributed by atoms with Gasteiger partial charge in [0.2, 0.25) is 5.91 Å². The highest BCUT2D eigenvalue weighted by Crippen LogP contribution is 2.35. The van der Waals surface area contributed by atoms with Crippen molar-refractivity contribution in [3.8, 4) is 22.5 Å². The van der Waals surface area contributed by atoms with Crippen molar-refractivity contribution in [1.29, 1.82) is 0 Å². The maximum atomic E-state index is 14.1. The Morgan fingerprint density at radius 1 is 0.708 bits per heavy atom. The number of carbonyl (C=O) groups excluding carboxylic acids is 5. The number of alkyl carbamates (subject to hydrolysis) is 1. The Balaban J connectivity index is 0.926. The van der Waals surface area contributed by atoms with Crippen molar-refractivity contribution in [2.24, 2.45) is 0 Å². The molecule has 2 aliphatic heterocycles. The van der Waals surface area contributed by atoms with Gasteiger partial charge in [0.05, 0.1) is 48.5 Å². The molecule has 8 rings (SSSR count). The zero-order chi connectivity index (χ0) is 45.6. The van der Waals surface area contributed by atoms with Crippen LogP contribution >= 0.6 is 0 Å². The highest BCUT2D eigenvalue weighted by atomic mass is 16.6. The van der Waals surface area contributed by atoms with E-state index in [2.05, 4.69) is 21.4 Å². The van der Waals surface area contributed by atoms with Crippen molar-refractivity contribution in [3.05, 3.63) is 138 Å². The van der Waals surface area contributed by atoms with E-state index in [9.17, 15) is 24.0 Å². The topological polar surface area (TPSA) is 167 Å². The number of H-pyrrole nitrogens is 2. The number of aromatic nitrogens is 3. The summed E-state index contributed by atoms with van der Waals surface area (Å²) in [6.45, 7) is 8.09. The summed E-state index contributed by atoms with van der Waals surface area (Å²) in [5, 5.41) is 3.76. The number of esters is 1. The predicted molar refractivity (Wildman–Crippen MR) is 247 cm³/mol. The fraction of sp³-hybridized carbons (Fsp3) is 0.346. The standard InChI is InChI=1S/C52H56N6O7/c1-32(2)64-47(60)30-40(35-13-7-5-8-14-35)50(61)57-25-11-17-44(57)46(59)28-34-19-24-41-39(27-34)29-42(54-41)36-20-22-37(23-21-36)43-31-53-49(55-43)45-18-12-26-58(45)51(62)48(38-15-9-6-10-16-38)56-52(63)65-33(3)4/h5-10,13-16,19-24,27,29,31-33,40,44-45,48,54H,11-12,17-18,25-26,28,30H2,1-4H3,(H,53,55)(H,56,63)/t40-,44+,45+,48-/m1/s1. The zero-order valence-electron chi connectivity index (χ0n) is 37.3. The van der Waals surface area contributed by atoms with Crippen LogP contribution in [0.2, 0.25) is 0 Å². The molecule has 3 amide bonds. The molecule has 65 heavy (non-hydrogen) atoms. The average Bonchev–Trinajstić information content (AvgIpc) is 4.14. The first kappa shape index (κ1) is 44.6. The van der Waals surface area contributed by atoms with E-state index in [1.165, 1.54) is 0 Å². The van der Waals surface area contributed by atoms with Crippen LogP contribution in [0.1, 0.15) is 100 Å². The van der Waals surface area contributed by atoms with E-state index in [1.807, 2.05) is 103 Å². The minimum absolute atomic E-state index is 0.0237. The Labute approximate surface area is 378 Å². The van der Waals surface area contributed by atoms with Gasteiger partial charge >= 0.3 is 12.1 Å². The number of aromatic amines is 2. The molecular formula is C52H56N6O7. The van der Waals surface area contributed by atoms with Crippen LogP contribution in [-0.2, 0) is 35.1 Å². The second-order valence-electron chi connectivity index (χ2n) is 17.5. The molecule has 0 saturated carbocycles. The summed E-state index contributed by atoms with van der Waals surface area (Å²) >= 11 is 0. The lowest BCUT2D eigenvalue weighted by Gasteiger charge is -2.28. The Morgan fingerprint density at radius 3 is 2.05 bits per heavy atom. The summed E-state index contributed by atoms with van der Waals surface area (Å²) in [6.07, 6.45) is 3.44. The molecule has 4 heterocycles. The molecule has 2 fully saturated rings. The molecule has 0 unspecified atom stereocenters. The van der Waals surface area contributed by atoms with Gasteiger partial charge in [0.15, 0.2) is 5.78 Å². The Kier molecular flexibility index (Phi) is 13.6. The molecule has 2 saturated heterocycles. The van der Waals surface area contributed by atoms with Crippen LogP contribution in [0.3, 0.4) is 0 Å². The molecule has 0 bridgehead atoms. The summed E-state index contributed by atoms with van der Waals surface area (Å²) in [5.41, 5.74) is 6.87. The maximum absolute atomic E-state index is 14.1. The third kappa shape index (κ3) is 10.4. The molecule has 13 heteroatoms. The summed E-state index contributed by atoms with van der Waals surface area (Å²) in [6, 6.07) is 32.9. The molecule has 336 valence electrons. The van der Waals surface area contributed by atoms with Gasteiger partial charge in [0.1, 0.15) is 11.9 Å². The van der Waals surface area contributed by atoms with Crippen LogP contribution in [0.25, 0.3) is 33.4 Å². The number of amides is 3. The quantitative estimate of drug-likeness (QED) is 0.0860. The van der Waals surface area contributed by atoms with Gasteiger partial charge in [-0.05, 0) is 99.4 Å². The smallest absolute Gasteiger partial charge is 0.408 e. The maximum Gasteiger partial charge on any atom is 0.408 e. The molecule has 6 aromatic rings. The fourth-order valence-corrected chi connectivity index (χ4v) is 9.10. The SMILES string of the molecule is CC(C)OC(=O)C[C@@H](C(=O)N1CCC[C@H]1C(=O)Cc1ccc2[nH]c(-c3ccc(-c4cnc([C@@H]5CCCN5C(=O)[C@H](NC(=O)OC(C)C)c5ccccc5)[nH]4)cc3)cc2c1)c1ccccc1. The van der Waals surface area contributed by atoms with E-state index in [-0.39, 0.29) is 48.7 Å². The Hall–Kier alpha value is -7.02. The van der Waals surface area contributed by atoms with Gasteiger partial charge < -0.3 is 34.6 Å². The van der Waals surface area contributed by atoms with E-state index in [0.717, 1.165) is 57.4 Å². The zero-order valence-corrected chi connectivity index (χ0v) is 37.3. The van der Waals surface area contributed by atoms with Gasteiger partial charge in [-0.25, -0.2) is 9.78 Å². The Morgan fingerprint density at radius 2 is 1.35 bits per heavy atom. The molecule has 0 radical (unpaired) electrons. The van der Waals surface area contributed by atoms with Gasteiger partial charge in [-0.3, -0.25) is 19.2 Å². The first-order chi connectivity index (χ1) is 31.4. The number of likely N-dealkylation sites (tertiary alicyclic amines) is 2. The van der Waals surface area contributed by atoms with E-state index < -0.39 is 30.1 Å². The number of imidazole rings is 1. The molecule has 4 atom stereocenters. The lowest BCUT2D eigenvalue weighted by molar-refractivity contribution is -0.150. The van der Waals surface area contributed by atoms with Crippen LogP contribution in [-0.4, -0.2) is 85.8 Å². The first-order valence-corrected chi connectivity index (χ1v) is 22.6. The number of carbonyl (C=O) groups is 5. The number of nitrogens with zero attached hydrogens (tertiary/aromatic N) is 3. The molecule has 0 spiro atoms. The number of fused-ring (bicyclic) bond motifs is 1. The van der Waals surface area contributed by atoms with Crippen molar-refractivity contribution in [1.82, 2.24) is 30.1 Å². The number of hydrogen-bond donors (Lipinski definition) is 3. The van der Waals surface area contributed by atoms with E-state index in [0.29, 0.717) is 37.3 Å². The van der Waals surface area contributed by atoms with Crippen LogP contribution in [0, 0.1) is 0 Å². The van der Waals surface area contributed by atoms with Crippen molar-refractivity contribution < 1.29 is 33.4 Å². The highest BCUT2D eigenvalue weighted by molar-refractivity contribution is 5.95. The predicted octanol–water partition coefficient (Wildman–Crippen LogP) is 8.99. The number of Topliss-reactive ketones (excluding diaryl/α,β-unsaturated/α-hetero) is 1. The van der Waals surface area contributed by atoms with Gasteiger partial charge in [-0.1, -0.05) is 91.0 Å². The third-order valence-corrected chi connectivity index (χ3v) is 12.1. The van der Waals surface area contributed by atoms with Crippen LogP contribution in [0.5, 0.6) is 0 Å². The minimum atomic E-state index is -0.905. The number of ketones is 1. The number of hydrogen-bond acceptors (Lipinski definition) is 8. The fourth-order valence-electron chi connectivity index (χ4n) is 9.10. The van der Waals surface area contributed by atoms with E-state index >= 15 is 0 Å². The third-order valence-electron chi connectivity index (χ3n) is 12.1. The molecule has 0 aliphatic carbocycles. The normalized spacial score (nSPS) is 17.1. The summed E-state index contributed by atoms with van der Waals surface area (Å²) in [5.74, 6) is -0.956. The van der Waals surface area contributed by atoms with E-state index in [1.54, 1.807) is 43.7 Å². The molecule has 2 aliphatic rings. The van der Waals surface area contributed by atoms with Crippen molar-refractivity contribution in [3.63, 3.8) is 0 Å². The van der Waals surface area contributed by atoms with Crippen LogP contribution < -0.4 is 5.32 Å². The van der Waals surface area contributed by atoms with E-state index in [4.69, 9.17) is 14.5 Å². The lowest BCUT2D eigenvalue weighted by atomic mass is 9.93. The van der Waals surface area contributed by atoms with Crippen molar-refractivity contribution >= 4 is 40.6 Å². The lowest BCUT2D eigenvalue weighted by Crippen LogP contribution is -2.44. The van der Waals surface area contributed by atoms with Gasteiger partial charge in [-0.15, -0.1) is 0 Å². The highest BCUT2D eigenvalue weighted by Gasteiger charge is 2.39. The minimum Gasteiger partial charge on any atom is -0.463 e. The molecule has 3 N–H and O–H groups in total. The first-order valence-electron chi connectivity index (χ1n) is 22.6. The summed E-state index contributed by atoms with van der Waals surface area (Å²) < 4.78 is 10.7. The second-order valence-corrected chi connectivity index (χ2v) is 17.5. The number of benzene rings is 4. The monoisotopic (exact) mass is 876 g/mol. The number of ether oxygens (including phenoxy) is 2.